The van der Waals surface area contributed by atoms with E-state index in [-0.39, 0.29) is 0 Å². The van der Waals surface area contributed by atoms with Gasteiger partial charge in [0.05, 0.1) is 0 Å². The van der Waals surface area contributed by atoms with Crippen LogP contribution in [0, 0.1) is 0 Å². The van der Waals surface area contributed by atoms with Crippen LogP contribution < -0.4 is 5.32 Å². The van der Waals surface area contributed by atoms with Gasteiger partial charge in [-0.2, -0.15) is 0 Å². The van der Waals surface area contributed by atoms with E-state index in [1.165, 1.54) is 12.8 Å². The van der Waals surface area contributed by atoms with Gasteiger partial charge in [0, 0.05) is 12.6 Å². The van der Waals surface area contributed by atoms with Gasteiger partial charge in [-0.1, -0.05) is 6.92 Å². The van der Waals surface area contributed by atoms with E-state index in [1.807, 2.05) is 14.0 Å². The van der Waals surface area contributed by atoms with Crippen molar-refractivity contribution in [2.24, 2.45) is 0 Å². The minimum atomic E-state index is -0.812. The molecule has 0 aromatic heterocycles. The van der Waals surface area contributed by atoms with Crippen LogP contribution in [-0.2, 0) is 4.79 Å². The SMILES string of the molecule is CCCNC(C)(CN(C)C1CC1)C(=O)O. The van der Waals surface area contributed by atoms with Gasteiger partial charge in [0.15, 0.2) is 0 Å². The van der Waals surface area contributed by atoms with Gasteiger partial charge in [-0.3, -0.25) is 4.79 Å². The van der Waals surface area contributed by atoms with Gasteiger partial charge in [0.2, 0.25) is 0 Å². The molecule has 1 aliphatic carbocycles. The summed E-state index contributed by atoms with van der Waals surface area (Å²) >= 11 is 0. The van der Waals surface area contributed by atoms with Crippen molar-refractivity contribution in [2.75, 3.05) is 20.1 Å². The molecule has 1 fully saturated rings. The fourth-order valence-electron chi connectivity index (χ4n) is 1.74. The molecule has 0 saturated heterocycles. The zero-order valence-electron chi connectivity index (χ0n) is 9.92. The lowest BCUT2D eigenvalue weighted by Crippen LogP contribution is -2.56. The molecule has 1 atom stereocenters. The molecular formula is C11H22N2O2. The monoisotopic (exact) mass is 214 g/mol. The van der Waals surface area contributed by atoms with Crippen molar-refractivity contribution in [3.05, 3.63) is 0 Å². The molecule has 2 N–H and O–H groups in total. The van der Waals surface area contributed by atoms with Crippen LogP contribution in [0.1, 0.15) is 33.1 Å². The van der Waals surface area contributed by atoms with Gasteiger partial charge < -0.3 is 15.3 Å². The van der Waals surface area contributed by atoms with E-state index in [1.54, 1.807) is 6.92 Å². The van der Waals surface area contributed by atoms with Gasteiger partial charge in [-0.25, -0.2) is 0 Å². The number of nitrogens with zero attached hydrogens (tertiary/aromatic N) is 1. The summed E-state index contributed by atoms with van der Waals surface area (Å²) in [6, 6.07) is 0.604. The van der Waals surface area contributed by atoms with E-state index in [4.69, 9.17) is 0 Å². The highest BCUT2D eigenvalue weighted by molar-refractivity contribution is 5.78. The van der Waals surface area contributed by atoms with Crippen molar-refractivity contribution >= 4 is 5.97 Å². The molecule has 0 amide bonds. The first-order valence-corrected chi connectivity index (χ1v) is 5.68. The first-order valence-electron chi connectivity index (χ1n) is 5.68. The summed E-state index contributed by atoms with van der Waals surface area (Å²) in [6.45, 7) is 5.14. The average Bonchev–Trinajstić information content (AvgIpc) is 2.97. The van der Waals surface area contributed by atoms with Crippen LogP contribution in [0.25, 0.3) is 0 Å². The summed E-state index contributed by atoms with van der Waals surface area (Å²) in [7, 11) is 2.01. The Kier molecular flexibility index (Phi) is 4.11. The van der Waals surface area contributed by atoms with E-state index in [0.717, 1.165) is 13.0 Å². The Hall–Kier alpha value is -0.610. The molecule has 1 unspecified atom stereocenters. The van der Waals surface area contributed by atoms with Crippen molar-refractivity contribution in [1.29, 1.82) is 0 Å². The van der Waals surface area contributed by atoms with Crippen LogP contribution in [-0.4, -0.2) is 47.7 Å². The largest absolute Gasteiger partial charge is 0.480 e. The normalized spacial score (nSPS) is 20.3. The van der Waals surface area contributed by atoms with E-state index < -0.39 is 11.5 Å². The smallest absolute Gasteiger partial charge is 0.324 e. The van der Waals surface area contributed by atoms with Gasteiger partial charge in [0.25, 0.3) is 0 Å². The molecule has 0 heterocycles. The zero-order valence-corrected chi connectivity index (χ0v) is 9.92. The summed E-state index contributed by atoms with van der Waals surface area (Å²) in [4.78, 5) is 13.4. The molecule has 1 aliphatic rings. The number of aliphatic carboxylic acids is 1. The van der Waals surface area contributed by atoms with Crippen LogP contribution in [0.15, 0.2) is 0 Å². The number of hydrogen-bond donors (Lipinski definition) is 2. The molecule has 0 aromatic carbocycles. The Labute approximate surface area is 91.6 Å². The molecule has 1 rings (SSSR count). The molecule has 15 heavy (non-hydrogen) atoms. The Morgan fingerprint density at radius 2 is 2.20 bits per heavy atom. The topological polar surface area (TPSA) is 52.6 Å². The highest BCUT2D eigenvalue weighted by atomic mass is 16.4. The third kappa shape index (κ3) is 3.47. The highest BCUT2D eigenvalue weighted by Crippen LogP contribution is 2.26. The minimum Gasteiger partial charge on any atom is -0.480 e. The molecule has 1 saturated carbocycles. The average molecular weight is 214 g/mol. The Morgan fingerprint density at radius 1 is 1.60 bits per heavy atom. The fraction of sp³-hybridized carbons (Fsp3) is 0.909. The lowest BCUT2D eigenvalue weighted by atomic mass is 10.0. The van der Waals surface area contributed by atoms with Crippen molar-refractivity contribution < 1.29 is 9.90 Å². The molecular weight excluding hydrogens is 192 g/mol. The van der Waals surface area contributed by atoms with Crippen LogP contribution in [0.2, 0.25) is 0 Å². The molecule has 0 aliphatic heterocycles. The van der Waals surface area contributed by atoms with Gasteiger partial charge in [0.1, 0.15) is 5.54 Å². The second-order valence-electron chi connectivity index (χ2n) is 4.71. The van der Waals surface area contributed by atoms with Crippen molar-refractivity contribution in [3.63, 3.8) is 0 Å². The van der Waals surface area contributed by atoms with E-state index in [9.17, 15) is 9.90 Å². The Balaban J connectivity index is 2.50. The molecule has 0 spiro atoms. The van der Waals surface area contributed by atoms with Crippen LogP contribution in [0.4, 0.5) is 0 Å². The quantitative estimate of drug-likeness (QED) is 0.662. The zero-order chi connectivity index (χ0) is 11.5. The van der Waals surface area contributed by atoms with E-state index in [0.29, 0.717) is 12.6 Å². The number of nitrogens with one attached hydrogen (secondary N) is 1. The lowest BCUT2D eigenvalue weighted by molar-refractivity contribution is -0.145. The van der Waals surface area contributed by atoms with Crippen molar-refractivity contribution in [1.82, 2.24) is 10.2 Å². The summed E-state index contributed by atoms with van der Waals surface area (Å²) in [5, 5.41) is 12.3. The number of carboxylic acid groups (broad SMARTS) is 1. The van der Waals surface area contributed by atoms with Crippen LogP contribution in [0.3, 0.4) is 0 Å². The number of rotatable bonds is 7. The second-order valence-corrected chi connectivity index (χ2v) is 4.71. The Morgan fingerprint density at radius 3 is 2.60 bits per heavy atom. The summed E-state index contributed by atoms with van der Waals surface area (Å²) in [5.74, 6) is -0.761. The number of hydrogen-bond acceptors (Lipinski definition) is 3. The number of likely N-dealkylation sites (N-methyl/N-ethyl adjacent to an activating group) is 1. The number of carbonyl (C=O) groups is 1. The summed E-state index contributed by atoms with van der Waals surface area (Å²) < 4.78 is 0. The van der Waals surface area contributed by atoms with Gasteiger partial charge in [-0.05, 0) is 39.8 Å². The van der Waals surface area contributed by atoms with Gasteiger partial charge >= 0.3 is 5.97 Å². The summed E-state index contributed by atoms with van der Waals surface area (Å²) in [6.07, 6.45) is 3.37. The maximum atomic E-state index is 11.2. The summed E-state index contributed by atoms with van der Waals surface area (Å²) in [5.41, 5.74) is -0.812. The highest BCUT2D eigenvalue weighted by Gasteiger charge is 2.37. The minimum absolute atomic E-state index is 0.576. The first-order chi connectivity index (χ1) is 6.99. The standard InChI is InChI=1S/C11H22N2O2/c1-4-7-12-11(2,10(14)15)8-13(3)9-5-6-9/h9,12H,4-8H2,1-3H3,(H,14,15). The Bertz CT molecular complexity index is 229. The van der Waals surface area contributed by atoms with Crippen LogP contribution in [0.5, 0.6) is 0 Å². The third-order valence-electron chi connectivity index (χ3n) is 2.97. The molecule has 88 valence electrons. The molecule has 4 heteroatoms. The fourth-order valence-corrected chi connectivity index (χ4v) is 1.74. The van der Waals surface area contributed by atoms with E-state index in [2.05, 4.69) is 10.2 Å². The first kappa shape index (κ1) is 12.5. The van der Waals surface area contributed by atoms with Crippen molar-refractivity contribution in [3.8, 4) is 0 Å². The lowest BCUT2D eigenvalue weighted by Gasteiger charge is -2.31. The maximum Gasteiger partial charge on any atom is 0.324 e. The predicted molar refractivity (Wildman–Crippen MR) is 60.0 cm³/mol. The maximum absolute atomic E-state index is 11.2. The van der Waals surface area contributed by atoms with Crippen molar-refractivity contribution in [2.45, 2.75) is 44.7 Å². The van der Waals surface area contributed by atoms with Crippen LogP contribution >= 0.6 is 0 Å². The predicted octanol–water partition coefficient (Wildman–Crippen LogP) is 0.923. The molecule has 0 aromatic rings. The number of carboxylic acids is 1. The molecule has 0 bridgehead atoms. The molecule has 0 radical (unpaired) electrons. The van der Waals surface area contributed by atoms with E-state index >= 15 is 0 Å². The third-order valence-corrected chi connectivity index (χ3v) is 2.97. The molecule has 4 nitrogen and oxygen atoms in total. The van der Waals surface area contributed by atoms with Gasteiger partial charge in [-0.15, -0.1) is 0 Å². The second kappa shape index (κ2) is 4.94.